The van der Waals surface area contributed by atoms with E-state index >= 15 is 0 Å². The van der Waals surface area contributed by atoms with Crippen molar-refractivity contribution >= 4 is 23.6 Å². The summed E-state index contributed by atoms with van der Waals surface area (Å²) in [4.78, 5) is 24.6. The molecule has 3 N–H and O–H groups in total. The molecular weight excluding hydrogens is 402 g/mol. The SMILES string of the molecule is COc1ccc(OC(C)C(=O)OCc2nc(N)nc(Nc3ccccc3OC)n2)cc1. The minimum Gasteiger partial charge on any atom is -0.497 e. The summed E-state index contributed by atoms with van der Waals surface area (Å²) in [5.41, 5.74) is 6.42. The number of hydrogen-bond donors (Lipinski definition) is 2. The number of esters is 1. The van der Waals surface area contributed by atoms with Crippen LogP contribution in [0.2, 0.25) is 0 Å². The number of benzene rings is 2. The van der Waals surface area contributed by atoms with Gasteiger partial charge >= 0.3 is 5.97 Å². The molecule has 0 amide bonds. The first kappa shape index (κ1) is 21.6. The minimum absolute atomic E-state index is 0.0130. The summed E-state index contributed by atoms with van der Waals surface area (Å²) in [6, 6.07) is 14.1. The molecule has 0 fully saturated rings. The molecule has 10 nitrogen and oxygen atoms in total. The molecule has 1 heterocycles. The maximum absolute atomic E-state index is 12.3. The highest BCUT2D eigenvalue weighted by atomic mass is 16.6. The second-order valence-corrected chi connectivity index (χ2v) is 6.30. The van der Waals surface area contributed by atoms with E-state index in [0.29, 0.717) is 22.9 Å². The molecule has 2 aromatic carbocycles. The zero-order valence-corrected chi connectivity index (χ0v) is 17.4. The van der Waals surface area contributed by atoms with E-state index in [1.165, 1.54) is 0 Å². The lowest BCUT2D eigenvalue weighted by Gasteiger charge is -2.14. The van der Waals surface area contributed by atoms with Crippen molar-refractivity contribution in [3.63, 3.8) is 0 Å². The van der Waals surface area contributed by atoms with Gasteiger partial charge in [0.1, 0.15) is 17.2 Å². The molecule has 0 saturated carbocycles. The van der Waals surface area contributed by atoms with Crippen molar-refractivity contribution in [1.29, 1.82) is 0 Å². The predicted molar refractivity (Wildman–Crippen MR) is 113 cm³/mol. The summed E-state index contributed by atoms with van der Waals surface area (Å²) < 4.78 is 21.2. The predicted octanol–water partition coefficient (Wildman–Crippen LogP) is 2.73. The Bertz CT molecular complexity index is 1030. The van der Waals surface area contributed by atoms with Gasteiger partial charge in [-0.1, -0.05) is 12.1 Å². The van der Waals surface area contributed by atoms with Gasteiger partial charge in [-0.05, 0) is 43.3 Å². The van der Waals surface area contributed by atoms with E-state index in [-0.39, 0.29) is 24.3 Å². The van der Waals surface area contributed by atoms with Gasteiger partial charge in [0.25, 0.3) is 0 Å². The third-order valence-electron chi connectivity index (χ3n) is 4.10. The van der Waals surface area contributed by atoms with Gasteiger partial charge in [0.2, 0.25) is 11.9 Å². The number of aromatic nitrogens is 3. The zero-order valence-electron chi connectivity index (χ0n) is 17.4. The number of anilines is 3. The van der Waals surface area contributed by atoms with E-state index in [4.69, 9.17) is 24.7 Å². The number of ether oxygens (including phenoxy) is 4. The molecule has 0 saturated heterocycles. The van der Waals surface area contributed by atoms with E-state index in [9.17, 15) is 4.79 Å². The van der Waals surface area contributed by atoms with Crippen LogP contribution in [0.25, 0.3) is 0 Å². The fraction of sp³-hybridized carbons (Fsp3) is 0.238. The van der Waals surface area contributed by atoms with Crippen molar-refractivity contribution in [3.05, 3.63) is 54.4 Å². The molecule has 0 aliphatic rings. The van der Waals surface area contributed by atoms with Crippen molar-refractivity contribution in [2.45, 2.75) is 19.6 Å². The first-order valence-electron chi connectivity index (χ1n) is 9.36. The molecular formula is C21H23N5O5. The molecule has 0 aliphatic carbocycles. The Kier molecular flexibility index (Phi) is 7.05. The van der Waals surface area contributed by atoms with Crippen LogP contribution in [-0.2, 0) is 16.1 Å². The highest BCUT2D eigenvalue weighted by Gasteiger charge is 2.18. The Labute approximate surface area is 179 Å². The Morgan fingerprint density at radius 1 is 1.00 bits per heavy atom. The molecule has 0 radical (unpaired) electrons. The Hall–Kier alpha value is -4.08. The van der Waals surface area contributed by atoms with Crippen LogP contribution in [0.5, 0.6) is 17.2 Å². The van der Waals surface area contributed by atoms with Gasteiger partial charge in [-0.2, -0.15) is 15.0 Å². The average Bonchev–Trinajstić information content (AvgIpc) is 2.78. The number of nitrogens with two attached hydrogens (primary N) is 1. The van der Waals surface area contributed by atoms with Crippen LogP contribution in [0.15, 0.2) is 48.5 Å². The number of nitrogen functional groups attached to an aromatic ring is 1. The maximum Gasteiger partial charge on any atom is 0.347 e. The monoisotopic (exact) mass is 425 g/mol. The molecule has 0 spiro atoms. The van der Waals surface area contributed by atoms with Gasteiger partial charge in [-0.3, -0.25) is 0 Å². The molecule has 0 aliphatic heterocycles. The topological polar surface area (TPSA) is 131 Å². The van der Waals surface area contributed by atoms with Crippen LogP contribution in [0.1, 0.15) is 12.7 Å². The summed E-state index contributed by atoms with van der Waals surface area (Å²) >= 11 is 0. The fourth-order valence-electron chi connectivity index (χ4n) is 2.59. The quantitative estimate of drug-likeness (QED) is 0.493. The van der Waals surface area contributed by atoms with Crippen molar-refractivity contribution in [2.24, 2.45) is 0 Å². The standard InChI is InChI=1S/C21H23N5O5/c1-13(31-15-10-8-14(28-2)9-11-15)19(27)30-12-18-24-20(22)26-21(25-18)23-16-6-4-5-7-17(16)29-3/h4-11,13H,12H2,1-3H3,(H3,22,23,24,25,26). The number of carbonyl (C=O) groups is 1. The van der Waals surface area contributed by atoms with Crippen LogP contribution >= 0.6 is 0 Å². The lowest BCUT2D eigenvalue weighted by atomic mass is 10.3. The van der Waals surface area contributed by atoms with Gasteiger partial charge in [-0.25, -0.2) is 4.79 Å². The zero-order chi connectivity index (χ0) is 22.2. The maximum atomic E-state index is 12.3. The fourth-order valence-corrected chi connectivity index (χ4v) is 2.59. The number of rotatable bonds is 9. The van der Waals surface area contributed by atoms with Gasteiger partial charge in [-0.15, -0.1) is 0 Å². The largest absolute Gasteiger partial charge is 0.497 e. The van der Waals surface area contributed by atoms with Gasteiger partial charge < -0.3 is 30.0 Å². The summed E-state index contributed by atoms with van der Waals surface area (Å²) in [5.74, 6) is 1.61. The Balaban J connectivity index is 1.60. The van der Waals surface area contributed by atoms with E-state index in [1.807, 2.05) is 12.1 Å². The van der Waals surface area contributed by atoms with Gasteiger partial charge in [0, 0.05) is 0 Å². The van der Waals surface area contributed by atoms with E-state index in [2.05, 4.69) is 20.3 Å². The summed E-state index contributed by atoms with van der Waals surface area (Å²) in [6.45, 7) is 1.39. The number of nitrogens with zero attached hydrogens (tertiary/aromatic N) is 3. The van der Waals surface area contributed by atoms with E-state index in [0.717, 1.165) is 0 Å². The average molecular weight is 425 g/mol. The summed E-state index contributed by atoms with van der Waals surface area (Å²) in [7, 11) is 3.13. The molecule has 0 bridgehead atoms. The molecule has 162 valence electrons. The number of carbonyl (C=O) groups excluding carboxylic acids is 1. The number of hydrogen-bond acceptors (Lipinski definition) is 10. The third kappa shape index (κ3) is 5.95. The number of para-hydroxylation sites is 2. The highest BCUT2D eigenvalue weighted by molar-refractivity contribution is 5.74. The first-order chi connectivity index (χ1) is 15.0. The van der Waals surface area contributed by atoms with Crippen molar-refractivity contribution in [3.8, 4) is 17.2 Å². The second kappa shape index (κ2) is 10.1. The number of nitrogens with one attached hydrogen (secondary N) is 1. The van der Waals surface area contributed by atoms with E-state index in [1.54, 1.807) is 57.5 Å². The Morgan fingerprint density at radius 3 is 2.42 bits per heavy atom. The highest BCUT2D eigenvalue weighted by Crippen LogP contribution is 2.25. The van der Waals surface area contributed by atoms with Crippen molar-refractivity contribution in [2.75, 3.05) is 25.3 Å². The molecule has 10 heteroatoms. The third-order valence-corrected chi connectivity index (χ3v) is 4.10. The van der Waals surface area contributed by atoms with Crippen LogP contribution in [0.4, 0.5) is 17.6 Å². The molecule has 1 atom stereocenters. The second-order valence-electron chi connectivity index (χ2n) is 6.30. The Morgan fingerprint density at radius 2 is 1.71 bits per heavy atom. The van der Waals surface area contributed by atoms with Crippen molar-refractivity contribution in [1.82, 2.24) is 15.0 Å². The number of methoxy groups -OCH3 is 2. The lowest BCUT2D eigenvalue weighted by molar-refractivity contribution is -0.152. The van der Waals surface area contributed by atoms with Gasteiger partial charge in [0.15, 0.2) is 18.5 Å². The van der Waals surface area contributed by atoms with Crippen LogP contribution in [-0.4, -0.2) is 41.2 Å². The minimum atomic E-state index is -0.834. The molecule has 3 aromatic rings. The van der Waals surface area contributed by atoms with Crippen molar-refractivity contribution < 1.29 is 23.7 Å². The summed E-state index contributed by atoms with van der Waals surface area (Å²) in [5, 5.41) is 3.01. The lowest BCUT2D eigenvalue weighted by Crippen LogP contribution is -2.26. The van der Waals surface area contributed by atoms with E-state index < -0.39 is 12.1 Å². The smallest absolute Gasteiger partial charge is 0.347 e. The first-order valence-corrected chi connectivity index (χ1v) is 9.36. The molecule has 31 heavy (non-hydrogen) atoms. The van der Waals surface area contributed by atoms with Crippen LogP contribution in [0, 0.1) is 0 Å². The molecule has 3 rings (SSSR count). The van der Waals surface area contributed by atoms with Gasteiger partial charge in [0.05, 0.1) is 19.9 Å². The van der Waals surface area contributed by atoms with Crippen LogP contribution in [0.3, 0.4) is 0 Å². The molecule has 1 aromatic heterocycles. The molecule has 1 unspecified atom stereocenters. The summed E-state index contributed by atoms with van der Waals surface area (Å²) in [6.07, 6.45) is -0.834. The normalized spacial score (nSPS) is 11.3. The van der Waals surface area contributed by atoms with Crippen LogP contribution < -0.4 is 25.3 Å².